The first-order valence-electron chi connectivity index (χ1n) is 16.7. The normalized spacial score (nSPS) is 16.4. The van der Waals surface area contributed by atoms with Crippen molar-refractivity contribution in [2.75, 3.05) is 18.1 Å². The SMILES string of the molecule is CCCCC1=NC2(CCCCC2)C(=O)N1Cc1ccc(-c2ccccc2S(=O)(=O)N(COC)c2noc(C)c2C)c(COC(C)C)c1. The number of hydrogen-bond donors (Lipinski definition) is 0. The molecular formula is C36H48N4O6S. The van der Waals surface area contributed by atoms with Gasteiger partial charge in [0.25, 0.3) is 15.9 Å². The molecule has 2 heterocycles. The van der Waals surface area contributed by atoms with Gasteiger partial charge in [-0.15, -0.1) is 0 Å². The van der Waals surface area contributed by atoms with E-state index in [0.29, 0.717) is 23.4 Å². The van der Waals surface area contributed by atoms with Gasteiger partial charge in [0.1, 0.15) is 23.9 Å². The zero-order chi connectivity index (χ0) is 33.8. The number of hydrogen-bond acceptors (Lipinski definition) is 8. The van der Waals surface area contributed by atoms with E-state index in [1.165, 1.54) is 7.11 Å². The summed E-state index contributed by atoms with van der Waals surface area (Å²) < 4.78 is 46.5. The highest BCUT2D eigenvalue weighted by Crippen LogP contribution is 2.40. The number of amides is 1. The van der Waals surface area contributed by atoms with Crippen LogP contribution in [0, 0.1) is 13.8 Å². The van der Waals surface area contributed by atoms with E-state index in [4.69, 9.17) is 19.0 Å². The number of unbranched alkanes of at least 4 members (excludes halogenated alkanes) is 1. The Kier molecular flexibility index (Phi) is 10.9. The molecule has 1 aliphatic heterocycles. The third kappa shape index (κ3) is 7.17. The van der Waals surface area contributed by atoms with Crippen LogP contribution in [0.1, 0.15) is 94.6 Å². The van der Waals surface area contributed by atoms with Crippen LogP contribution in [-0.4, -0.2) is 55.7 Å². The number of ether oxygens (including phenoxy) is 2. The second-order valence-electron chi connectivity index (χ2n) is 12.9. The predicted octanol–water partition coefficient (Wildman–Crippen LogP) is 7.32. The molecule has 2 aliphatic rings. The second-order valence-corrected chi connectivity index (χ2v) is 14.8. The van der Waals surface area contributed by atoms with Crippen LogP contribution in [0.25, 0.3) is 11.1 Å². The predicted molar refractivity (Wildman–Crippen MR) is 183 cm³/mol. The van der Waals surface area contributed by atoms with Crippen LogP contribution in [0.5, 0.6) is 0 Å². The fraction of sp³-hybridized carbons (Fsp3) is 0.528. The lowest BCUT2D eigenvalue weighted by molar-refractivity contribution is -0.132. The lowest BCUT2D eigenvalue weighted by Crippen LogP contribution is -2.43. The van der Waals surface area contributed by atoms with Crippen LogP contribution >= 0.6 is 0 Å². The molecule has 11 heteroatoms. The van der Waals surface area contributed by atoms with Crippen LogP contribution in [0.2, 0.25) is 0 Å². The average molecular weight is 665 g/mol. The maximum Gasteiger partial charge on any atom is 0.268 e. The van der Waals surface area contributed by atoms with E-state index in [2.05, 4.69) is 12.1 Å². The Bertz CT molecular complexity index is 1710. The number of benzene rings is 2. The lowest BCUT2D eigenvalue weighted by atomic mass is 9.82. The number of rotatable bonds is 14. The molecule has 47 heavy (non-hydrogen) atoms. The molecule has 0 radical (unpaired) electrons. The van der Waals surface area contributed by atoms with Crippen molar-refractivity contribution in [1.82, 2.24) is 10.1 Å². The number of anilines is 1. The van der Waals surface area contributed by atoms with Crippen molar-refractivity contribution < 1.29 is 27.2 Å². The van der Waals surface area contributed by atoms with Crippen molar-refractivity contribution >= 4 is 27.6 Å². The maximum atomic E-state index is 14.3. The highest BCUT2D eigenvalue weighted by atomic mass is 32.2. The van der Waals surface area contributed by atoms with Crippen molar-refractivity contribution in [3.8, 4) is 11.1 Å². The number of aliphatic imine (C=N–C) groups is 1. The van der Waals surface area contributed by atoms with Crippen molar-refractivity contribution in [3.05, 3.63) is 64.9 Å². The maximum absolute atomic E-state index is 14.3. The van der Waals surface area contributed by atoms with Gasteiger partial charge in [-0.25, -0.2) is 12.7 Å². The van der Waals surface area contributed by atoms with Gasteiger partial charge in [0, 0.05) is 24.7 Å². The lowest BCUT2D eigenvalue weighted by Gasteiger charge is -2.30. The minimum absolute atomic E-state index is 0.0415. The Balaban J connectivity index is 1.54. The summed E-state index contributed by atoms with van der Waals surface area (Å²) >= 11 is 0. The van der Waals surface area contributed by atoms with Crippen LogP contribution in [0.3, 0.4) is 0 Å². The molecule has 5 rings (SSSR count). The van der Waals surface area contributed by atoms with Gasteiger partial charge in [-0.2, -0.15) is 0 Å². The average Bonchev–Trinajstić information content (AvgIpc) is 3.52. The second kappa shape index (κ2) is 14.7. The molecule has 0 atom stereocenters. The number of amidine groups is 1. The number of carbonyl (C=O) groups excluding carboxylic acids is 1. The monoisotopic (exact) mass is 664 g/mol. The van der Waals surface area contributed by atoms with Gasteiger partial charge < -0.3 is 14.0 Å². The first kappa shape index (κ1) is 34.8. The first-order valence-corrected chi connectivity index (χ1v) is 18.1. The number of nitrogens with zero attached hydrogens (tertiary/aromatic N) is 4. The topological polar surface area (TPSA) is 115 Å². The van der Waals surface area contributed by atoms with Crippen LogP contribution in [-0.2, 0) is 37.4 Å². The largest absolute Gasteiger partial charge is 0.374 e. The van der Waals surface area contributed by atoms with Crippen LogP contribution in [0.15, 0.2) is 56.9 Å². The van der Waals surface area contributed by atoms with E-state index in [9.17, 15) is 13.2 Å². The van der Waals surface area contributed by atoms with Crippen molar-refractivity contribution in [2.45, 2.75) is 116 Å². The quantitative estimate of drug-likeness (QED) is 0.166. The third-order valence-corrected chi connectivity index (χ3v) is 10.9. The Morgan fingerprint density at radius 3 is 2.47 bits per heavy atom. The molecule has 0 saturated heterocycles. The van der Waals surface area contributed by atoms with Gasteiger partial charge in [0.05, 0.1) is 24.2 Å². The van der Waals surface area contributed by atoms with E-state index < -0.39 is 15.6 Å². The first-order chi connectivity index (χ1) is 22.5. The minimum Gasteiger partial charge on any atom is -0.374 e. The van der Waals surface area contributed by atoms with Crippen molar-refractivity contribution in [2.24, 2.45) is 4.99 Å². The summed E-state index contributed by atoms with van der Waals surface area (Å²) in [6.45, 7) is 10.0. The van der Waals surface area contributed by atoms with Gasteiger partial charge in [0.15, 0.2) is 5.82 Å². The number of aryl methyl sites for hydroxylation is 1. The highest BCUT2D eigenvalue weighted by molar-refractivity contribution is 7.93. The zero-order valence-electron chi connectivity index (χ0n) is 28.5. The van der Waals surface area contributed by atoms with E-state index in [0.717, 1.165) is 78.2 Å². The summed E-state index contributed by atoms with van der Waals surface area (Å²) in [6, 6.07) is 12.9. The van der Waals surface area contributed by atoms with Gasteiger partial charge >= 0.3 is 0 Å². The van der Waals surface area contributed by atoms with Gasteiger partial charge in [-0.05, 0) is 69.7 Å². The Hall–Kier alpha value is -3.54. The molecule has 10 nitrogen and oxygen atoms in total. The van der Waals surface area contributed by atoms with Crippen LogP contribution < -0.4 is 4.31 Å². The number of aromatic nitrogens is 1. The summed E-state index contributed by atoms with van der Waals surface area (Å²) in [5.74, 6) is 1.71. The van der Waals surface area contributed by atoms with E-state index >= 15 is 0 Å². The Morgan fingerprint density at radius 2 is 1.81 bits per heavy atom. The number of carbonyl (C=O) groups is 1. The molecular weight excluding hydrogens is 616 g/mol. The molecule has 1 aromatic heterocycles. The van der Waals surface area contributed by atoms with Crippen LogP contribution in [0.4, 0.5) is 5.82 Å². The molecule has 0 bridgehead atoms. The van der Waals surface area contributed by atoms with Gasteiger partial charge in [-0.3, -0.25) is 14.7 Å². The van der Waals surface area contributed by atoms with Gasteiger partial charge in [0.2, 0.25) is 0 Å². The molecule has 1 aliphatic carbocycles. The third-order valence-electron chi connectivity index (χ3n) is 9.18. The molecule has 1 fully saturated rings. The standard InChI is InChI=1S/C36H48N4O6S/c1-7-8-16-33-37-36(19-12-9-13-20-36)35(41)39(33)22-28-17-18-30(29(21-28)23-45-25(2)3)31-14-10-11-15-32(31)47(42,43)40(24-44-6)34-26(4)27(5)46-38-34/h10-11,14-15,17-18,21,25H,7-9,12-13,16,19-20,22-24H2,1-6H3. The molecule has 1 amide bonds. The Morgan fingerprint density at radius 1 is 1.06 bits per heavy atom. The summed E-state index contributed by atoms with van der Waals surface area (Å²) in [7, 11) is -2.70. The van der Waals surface area contributed by atoms with E-state index in [-0.39, 0.29) is 36.1 Å². The molecule has 3 aromatic rings. The van der Waals surface area contributed by atoms with Crippen molar-refractivity contribution in [3.63, 3.8) is 0 Å². The van der Waals surface area contributed by atoms with E-state index in [1.54, 1.807) is 32.0 Å². The Labute approximate surface area is 279 Å². The number of methoxy groups -OCH3 is 1. The van der Waals surface area contributed by atoms with Gasteiger partial charge in [-0.1, -0.05) is 74.2 Å². The fourth-order valence-corrected chi connectivity index (χ4v) is 8.06. The molecule has 1 saturated carbocycles. The fourth-order valence-electron chi connectivity index (χ4n) is 6.47. The summed E-state index contributed by atoms with van der Waals surface area (Å²) in [6.07, 6.45) is 7.55. The molecule has 2 aromatic carbocycles. The summed E-state index contributed by atoms with van der Waals surface area (Å²) in [5.41, 5.74) is 3.03. The summed E-state index contributed by atoms with van der Waals surface area (Å²) in [4.78, 5) is 21.1. The van der Waals surface area contributed by atoms with Crippen molar-refractivity contribution in [1.29, 1.82) is 0 Å². The zero-order valence-corrected chi connectivity index (χ0v) is 29.4. The summed E-state index contributed by atoms with van der Waals surface area (Å²) in [5, 5.41) is 4.05. The number of sulfonamides is 1. The molecule has 1 spiro atoms. The van der Waals surface area contributed by atoms with E-state index in [1.807, 2.05) is 43.0 Å². The molecule has 254 valence electrons. The smallest absolute Gasteiger partial charge is 0.268 e. The minimum atomic E-state index is -4.14. The molecule has 0 unspecified atom stereocenters. The molecule has 0 N–H and O–H groups in total. The highest BCUT2D eigenvalue weighted by Gasteiger charge is 2.48.